The molecule has 0 bridgehead atoms. The van der Waals surface area contributed by atoms with E-state index in [0.717, 1.165) is 7.11 Å². The van der Waals surface area contributed by atoms with E-state index in [1.807, 2.05) is 0 Å². The summed E-state index contributed by atoms with van der Waals surface area (Å²) in [5.41, 5.74) is 1.19. The summed E-state index contributed by atoms with van der Waals surface area (Å²) in [7, 11) is -7.56. The molecule has 3 rings (SSSR count). The predicted octanol–water partition coefficient (Wildman–Crippen LogP) is 3.25. The highest BCUT2D eigenvalue weighted by Gasteiger charge is 2.36. The van der Waals surface area contributed by atoms with Gasteiger partial charge in [0.25, 0.3) is 5.95 Å². The maximum atomic E-state index is 13.7. The summed E-state index contributed by atoms with van der Waals surface area (Å²) in [6.45, 7) is 3.47. The molecule has 2 N–H and O–H groups in total. The molecule has 192 valence electrons. The summed E-state index contributed by atoms with van der Waals surface area (Å²) in [5, 5.41) is 2.70. The number of aromatic nitrogens is 2. The second-order valence-corrected chi connectivity index (χ2v) is 12.3. The molecule has 14 heteroatoms. The van der Waals surface area contributed by atoms with Gasteiger partial charge in [-0.25, -0.2) is 15.3 Å². The number of hydrogen-bond donors (Lipinski definition) is 2. The highest BCUT2D eigenvalue weighted by Crippen LogP contribution is 2.27. The van der Waals surface area contributed by atoms with Crippen molar-refractivity contribution < 1.29 is 25.8 Å². The third-order valence-electron chi connectivity index (χ3n) is 4.72. The lowest BCUT2D eigenvalue weighted by atomic mass is 10.4. The van der Waals surface area contributed by atoms with E-state index in [9.17, 15) is 16.8 Å². The van der Waals surface area contributed by atoms with E-state index in [2.05, 4.69) is 20.0 Å². The van der Waals surface area contributed by atoms with Crippen molar-refractivity contribution in [2.45, 2.75) is 33.4 Å². The molecule has 1 aromatic heterocycles. The quantitative estimate of drug-likeness (QED) is 0.137. The van der Waals surface area contributed by atoms with Gasteiger partial charge in [0, 0.05) is 25.3 Å². The van der Waals surface area contributed by atoms with Gasteiger partial charge in [0.15, 0.2) is 0 Å². The average molecular weight is 569 g/mol. The molecule has 0 spiro atoms. The van der Waals surface area contributed by atoms with E-state index in [1.165, 1.54) is 35.7 Å². The summed E-state index contributed by atoms with van der Waals surface area (Å²) < 4.78 is 57.1. The molecule has 36 heavy (non-hydrogen) atoms. The first-order valence-electron chi connectivity index (χ1n) is 10.4. The van der Waals surface area contributed by atoms with Gasteiger partial charge in [-0.1, -0.05) is 24.3 Å². The number of anilines is 1. The van der Waals surface area contributed by atoms with Crippen LogP contribution in [0, 0.1) is 13.8 Å². The Kier molecular flexibility index (Phi) is 8.87. The minimum absolute atomic E-state index is 0.0150. The van der Waals surface area contributed by atoms with Crippen molar-refractivity contribution in [2.24, 2.45) is 0 Å². The Labute approximate surface area is 219 Å². The van der Waals surface area contributed by atoms with Crippen molar-refractivity contribution in [1.82, 2.24) is 14.7 Å². The Hall–Kier alpha value is -2.81. The molecule has 1 heterocycles. The van der Waals surface area contributed by atoms with E-state index in [-0.39, 0.29) is 15.7 Å². The highest BCUT2D eigenvalue weighted by molar-refractivity contribution is 7.99. The maximum absolute atomic E-state index is 13.7. The number of nitrogens with zero attached hydrogens (tertiary/aromatic N) is 3. The number of sulfonamides is 2. The Morgan fingerprint density at radius 2 is 1.36 bits per heavy atom. The summed E-state index contributed by atoms with van der Waals surface area (Å²) >= 11 is 2.47. The van der Waals surface area contributed by atoms with Crippen LogP contribution in [0.4, 0.5) is 5.95 Å². The van der Waals surface area contributed by atoms with Gasteiger partial charge in [-0.3, -0.25) is 0 Å². The Morgan fingerprint density at radius 3 is 1.89 bits per heavy atom. The third kappa shape index (κ3) is 6.11. The normalized spacial score (nSPS) is 12.6. The van der Waals surface area contributed by atoms with Crippen LogP contribution in [0.25, 0.3) is 0 Å². The smallest absolute Gasteiger partial charge is 0.350 e. The van der Waals surface area contributed by atoms with Crippen LogP contribution >= 0.6 is 23.5 Å². The first-order valence-corrected chi connectivity index (χ1v) is 15.7. The minimum Gasteiger partial charge on any atom is -0.350 e. The number of aryl methyl sites for hydroxylation is 2. The lowest BCUT2D eigenvalue weighted by Gasteiger charge is -2.14. The van der Waals surface area contributed by atoms with Gasteiger partial charge in [0.2, 0.25) is 0 Å². The van der Waals surface area contributed by atoms with E-state index in [0.29, 0.717) is 25.3 Å². The molecule has 0 fully saturated rings. The zero-order chi connectivity index (χ0) is 26.5. The van der Waals surface area contributed by atoms with Crippen LogP contribution in [0.5, 0.6) is 0 Å². The number of nitrogens with one attached hydrogen (secondary N) is 2. The van der Waals surface area contributed by atoms with Crippen molar-refractivity contribution in [3.05, 3.63) is 66.0 Å². The summed E-state index contributed by atoms with van der Waals surface area (Å²) in [6.07, 6.45) is 3.48. The summed E-state index contributed by atoms with van der Waals surface area (Å²) in [6, 6.07) is 14.4. The fourth-order valence-electron chi connectivity index (χ4n) is 3.25. The number of thioether (sulfide) groups is 2. The molecule has 2 aromatic carbocycles. The molecule has 0 saturated carbocycles. The Bertz CT molecular complexity index is 1490. The minimum atomic E-state index is -4.40. The fraction of sp³-hybridized carbons (Fsp3) is 0.227. The molecule has 0 aliphatic heterocycles. The lowest BCUT2D eigenvalue weighted by molar-refractivity contribution is -0.667. The largest absolute Gasteiger partial charge is 0.421 e. The van der Waals surface area contributed by atoms with Crippen LogP contribution in [0.15, 0.2) is 74.2 Å². The van der Waals surface area contributed by atoms with Crippen molar-refractivity contribution in [3.63, 3.8) is 0 Å². The van der Waals surface area contributed by atoms with Crippen molar-refractivity contribution >= 4 is 55.5 Å². The second-order valence-electron chi connectivity index (χ2n) is 7.27. The zero-order valence-electron chi connectivity index (χ0n) is 20.2. The summed E-state index contributed by atoms with van der Waals surface area (Å²) in [5.74, 6) is -0.534. The number of hydrogen-bond acceptors (Lipinski definition) is 9. The topological polar surface area (TPSA) is 130 Å². The molecular weight excluding hydrogens is 543 g/mol. The highest BCUT2D eigenvalue weighted by atomic mass is 32.2. The second kappa shape index (κ2) is 11.5. The first kappa shape index (κ1) is 27.8. The van der Waals surface area contributed by atoms with Gasteiger partial charge in [-0.05, 0) is 56.7 Å². The van der Waals surface area contributed by atoms with Crippen molar-refractivity contribution in [3.8, 4) is 0 Å². The van der Waals surface area contributed by atoms with Gasteiger partial charge >= 0.3 is 26.0 Å². The first-order chi connectivity index (χ1) is 17.0. The molecule has 0 atom stereocenters. The van der Waals surface area contributed by atoms with Crippen LogP contribution in [0.3, 0.4) is 0 Å². The van der Waals surface area contributed by atoms with Crippen LogP contribution in [0.2, 0.25) is 0 Å². The molecule has 0 amide bonds. The van der Waals surface area contributed by atoms with Gasteiger partial charge in [-0.15, -0.1) is 23.5 Å². The molecule has 0 unspecified atom stereocenters. The lowest BCUT2D eigenvalue weighted by Crippen LogP contribution is -2.45. The standard InChI is InChI=1S/C22H25N5O5S4/c1-15-14-16(2)24-21(23-15)25-22(26-35(28,29)19-12-8-6-10-17(19)33-4)27(32-3)36(30,31)20-13-9-7-11-18(20)34-5/h6-14H,1-5H3,(H,23,24,25,26)/p+1. The molecule has 0 aliphatic rings. The van der Waals surface area contributed by atoms with Crippen LogP contribution in [-0.4, -0.2) is 56.5 Å². The third-order valence-corrected chi connectivity index (χ3v) is 9.64. The average Bonchev–Trinajstić information content (AvgIpc) is 2.83. The van der Waals surface area contributed by atoms with E-state index < -0.39 is 26.0 Å². The van der Waals surface area contributed by atoms with Crippen LogP contribution < -0.4 is 10.0 Å². The van der Waals surface area contributed by atoms with E-state index >= 15 is 0 Å². The SMILES string of the molecule is CO[N+](=C(Nc1nc(C)cc(C)n1)NS(=O)(=O)c1ccccc1SC)S(=O)(=O)c1ccccc1SC. The fourth-order valence-corrected chi connectivity index (χ4v) is 7.79. The zero-order valence-corrected chi connectivity index (χ0v) is 23.5. The molecule has 10 nitrogen and oxygen atoms in total. The van der Waals surface area contributed by atoms with Gasteiger partial charge < -0.3 is 4.84 Å². The van der Waals surface area contributed by atoms with E-state index in [1.54, 1.807) is 68.8 Å². The maximum Gasteiger partial charge on any atom is 0.421 e. The van der Waals surface area contributed by atoms with Gasteiger partial charge in [-0.2, -0.15) is 21.6 Å². The molecule has 0 saturated heterocycles. The molecule has 0 aliphatic carbocycles. The summed E-state index contributed by atoms with van der Waals surface area (Å²) in [4.78, 5) is 14.6. The number of guanidine groups is 1. The molecule has 3 aromatic rings. The predicted molar refractivity (Wildman–Crippen MR) is 141 cm³/mol. The number of benzene rings is 2. The molecular formula is C22H26N5O5S4+. The van der Waals surface area contributed by atoms with Crippen LogP contribution in [-0.2, 0) is 24.9 Å². The Morgan fingerprint density at radius 1 is 0.861 bits per heavy atom. The monoisotopic (exact) mass is 568 g/mol. The van der Waals surface area contributed by atoms with Crippen LogP contribution in [0.1, 0.15) is 11.4 Å². The van der Waals surface area contributed by atoms with Crippen molar-refractivity contribution in [1.29, 1.82) is 0 Å². The Balaban J connectivity index is 2.25. The number of rotatable bonds is 8. The molecule has 0 radical (unpaired) electrons. The van der Waals surface area contributed by atoms with Crippen molar-refractivity contribution in [2.75, 3.05) is 24.9 Å². The van der Waals surface area contributed by atoms with Gasteiger partial charge in [0.05, 0.1) is 0 Å². The van der Waals surface area contributed by atoms with Gasteiger partial charge in [0.1, 0.15) is 16.9 Å². The van der Waals surface area contributed by atoms with E-state index in [4.69, 9.17) is 4.84 Å².